The topological polar surface area (TPSA) is 12.0 Å². The second-order valence-corrected chi connectivity index (χ2v) is 5.43. The van der Waals surface area contributed by atoms with Gasteiger partial charge in [-0.3, -0.25) is 0 Å². The number of rotatable bonds is 4. The maximum absolute atomic E-state index is 6.03. The van der Waals surface area contributed by atoms with Crippen LogP contribution in [0, 0.1) is 0 Å². The number of fused-ring (bicyclic) bond motifs is 1. The Morgan fingerprint density at radius 3 is 3.20 bits per heavy atom. The molecule has 0 spiro atoms. The highest BCUT2D eigenvalue weighted by Gasteiger charge is 2.22. The van der Waals surface area contributed by atoms with Crippen LogP contribution in [0.3, 0.4) is 0 Å². The Bertz CT molecular complexity index is 340. The normalized spacial score (nSPS) is 19.2. The van der Waals surface area contributed by atoms with Crippen LogP contribution in [0.1, 0.15) is 24.3 Å². The first-order chi connectivity index (χ1) is 7.31. The maximum Gasteiger partial charge on any atom is 0.0409 e. The summed E-state index contributed by atoms with van der Waals surface area (Å²) in [6, 6.07) is 6.28. The van der Waals surface area contributed by atoms with Crippen LogP contribution in [0.25, 0.3) is 0 Å². The smallest absolute Gasteiger partial charge is 0.0409 e. The van der Waals surface area contributed by atoms with Gasteiger partial charge in [0.1, 0.15) is 0 Å². The molecule has 1 aromatic carbocycles. The number of hydrogen-bond acceptors (Lipinski definition) is 2. The average Bonchev–Trinajstić information content (AvgIpc) is 2.62. The summed E-state index contributed by atoms with van der Waals surface area (Å²) in [6.07, 6.45) is 2.51. The van der Waals surface area contributed by atoms with Crippen molar-refractivity contribution in [2.75, 3.05) is 19.3 Å². The molecule has 0 aromatic heterocycles. The summed E-state index contributed by atoms with van der Waals surface area (Å²) in [5.41, 5.74) is 1.46. The highest BCUT2D eigenvalue weighted by atomic mass is 35.5. The lowest BCUT2D eigenvalue weighted by Gasteiger charge is -2.10. The number of thioether (sulfide) groups is 1. The van der Waals surface area contributed by atoms with Gasteiger partial charge < -0.3 is 5.32 Å². The van der Waals surface area contributed by atoms with Crippen LogP contribution in [0.2, 0.25) is 5.02 Å². The first-order valence-corrected chi connectivity index (χ1v) is 6.74. The van der Waals surface area contributed by atoms with E-state index in [1.807, 2.05) is 24.9 Å². The molecule has 1 heterocycles. The third-order valence-electron chi connectivity index (χ3n) is 2.83. The van der Waals surface area contributed by atoms with Crippen molar-refractivity contribution < 1.29 is 0 Å². The minimum Gasteiger partial charge on any atom is -0.320 e. The van der Waals surface area contributed by atoms with Crippen molar-refractivity contribution in [1.29, 1.82) is 0 Å². The lowest BCUT2D eigenvalue weighted by atomic mass is 9.96. The van der Waals surface area contributed by atoms with Gasteiger partial charge in [-0.25, -0.2) is 0 Å². The molecule has 2 rings (SSSR count). The van der Waals surface area contributed by atoms with Gasteiger partial charge in [0.05, 0.1) is 0 Å². The van der Waals surface area contributed by atoms with E-state index < -0.39 is 0 Å². The van der Waals surface area contributed by atoms with Crippen LogP contribution in [0.4, 0.5) is 0 Å². The van der Waals surface area contributed by atoms with Crippen LogP contribution >= 0.6 is 23.4 Å². The quantitative estimate of drug-likeness (QED) is 0.810. The van der Waals surface area contributed by atoms with Crippen LogP contribution in [0.5, 0.6) is 0 Å². The van der Waals surface area contributed by atoms with Crippen molar-refractivity contribution in [2.24, 2.45) is 0 Å². The zero-order valence-corrected chi connectivity index (χ0v) is 10.5. The van der Waals surface area contributed by atoms with Crippen molar-refractivity contribution in [3.63, 3.8) is 0 Å². The summed E-state index contributed by atoms with van der Waals surface area (Å²) in [5.74, 6) is 1.93. The molecule has 1 aliphatic heterocycles. The molecule has 0 amide bonds. The van der Waals surface area contributed by atoms with Crippen molar-refractivity contribution in [3.05, 3.63) is 28.8 Å². The Morgan fingerprint density at radius 1 is 1.53 bits per heavy atom. The van der Waals surface area contributed by atoms with Crippen LogP contribution in [-0.4, -0.2) is 19.3 Å². The van der Waals surface area contributed by atoms with Gasteiger partial charge in [0.2, 0.25) is 0 Å². The number of halogens is 1. The Morgan fingerprint density at radius 2 is 2.40 bits per heavy atom. The van der Waals surface area contributed by atoms with Gasteiger partial charge in [-0.05, 0) is 56.1 Å². The van der Waals surface area contributed by atoms with E-state index in [0.717, 1.165) is 11.6 Å². The van der Waals surface area contributed by atoms with E-state index in [-0.39, 0.29) is 0 Å². The van der Waals surface area contributed by atoms with Gasteiger partial charge >= 0.3 is 0 Å². The number of hydrogen-bond donors (Lipinski definition) is 1. The standard InChI is InChI=1S/C12H16ClNS/c1-14-6-2-3-9-8-15-12-5-4-10(13)7-11(9)12/h4-5,7,9,14H,2-3,6,8H2,1H3. The van der Waals surface area contributed by atoms with Crippen molar-refractivity contribution >= 4 is 23.4 Å². The molecule has 1 N–H and O–H groups in total. The zero-order chi connectivity index (χ0) is 10.7. The van der Waals surface area contributed by atoms with E-state index in [4.69, 9.17) is 11.6 Å². The SMILES string of the molecule is CNCCCC1CSc2ccc(Cl)cc21. The minimum atomic E-state index is 0.706. The second kappa shape index (κ2) is 5.24. The Kier molecular flexibility index (Phi) is 3.95. The molecular formula is C12H16ClNS. The fourth-order valence-corrected chi connectivity index (χ4v) is 3.48. The van der Waals surface area contributed by atoms with Gasteiger partial charge in [-0.15, -0.1) is 11.8 Å². The first kappa shape index (κ1) is 11.3. The molecule has 0 fully saturated rings. The number of nitrogens with one attached hydrogen (secondary N) is 1. The van der Waals surface area contributed by atoms with E-state index >= 15 is 0 Å². The lowest BCUT2D eigenvalue weighted by molar-refractivity contribution is 0.614. The van der Waals surface area contributed by atoms with Gasteiger partial charge in [-0.2, -0.15) is 0 Å². The Hall–Kier alpha value is -0.180. The molecule has 15 heavy (non-hydrogen) atoms. The monoisotopic (exact) mass is 241 g/mol. The fourth-order valence-electron chi connectivity index (χ4n) is 2.01. The molecule has 1 nitrogen and oxygen atoms in total. The summed E-state index contributed by atoms with van der Waals surface area (Å²) in [6.45, 7) is 1.11. The molecule has 1 atom stereocenters. The third-order valence-corrected chi connectivity index (χ3v) is 4.32. The molecule has 0 saturated heterocycles. The minimum absolute atomic E-state index is 0.706. The van der Waals surface area contributed by atoms with Gasteiger partial charge in [-0.1, -0.05) is 11.6 Å². The van der Waals surface area contributed by atoms with Crippen molar-refractivity contribution in [2.45, 2.75) is 23.7 Å². The van der Waals surface area contributed by atoms with E-state index in [1.54, 1.807) is 0 Å². The van der Waals surface area contributed by atoms with Crippen molar-refractivity contribution in [1.82, 2.24) is 5.32 Å². The summed E-state index contributed by atoms with van der Waals surface area (Å²) < 4.78 is 0. The third kappa shape index (κ3) is 2.68. The Labute approximate surface area is 101 Å². The van der Waals surface area contributed by atoms with Crippen molar-refractivity contribution in [3.8, 4) is 0 Å². The summed E-state index contributed by atoms with van der Waals surface area (Å²) in [5, 5.41) is 4.06. The molecule has 0 radical (unpaired) electrons. The summed E-state index contributed by atoms with van der Waals surface area (Å²) >= 11 is 7.99. The molecule has 1 aliphatic rings. The molecule has 0 bridgehead atoms. The first-order valence-electron chi connectivity index (χ1n) is 5.38. The number of benzene rings is 1. The lowest BCUT2D eigenvalue weighted by Crippen LogP contribution is -2.09. The Balaban J connectivity index is 2.03. The molecule has 0 saturated carbocycles. The van der Waals surface area contributed by atoms with E-state index in [0.29, 0.717) is 5.92 Å². The molecular weight excluding hydrogens is 226 g/mol. The second-order valence-electron chi connectivity index (χ2n) is 3.94. The summed E-state index contributed by atoms with van der Waals surface area (Å²) in [4.78, 5) is 1.42. The van der Waals surface area contributed by atoms with Gasteiger partial charge in [0, 0.05) is 15.7 Å². The highest BCUT2D eigenvalue weighted by molar-refractivity contribution is 7.99. The van der Waals surface area contributed by atoms with E-state index in [1.165, 1.54) is 29.1 Å². The predicted octanol–water partition coefficient (Wildman–Crippen LogP) is 3.53. The summed E-state index contributed by atoms with van der Waals surface area (Å²) in [7, 11) is 2.01. The molecule has 1 unspecified atom stereocenters. The van der Waals surface area contributed by atoms with Gasteiger partial charge in [0.15, 0.2) is 0 Å². The predicted molar refractivity (Wildman–Crippen MR) is 68.1 cm³/mol. The van der Waals surface area contributed by atoms with Crippen LogP contribution in [-0.2, 0) is 0 Å². The average molecular weight is 242 g/mol. The van der Waals surface area contributed by atoms with E-state index in [2.05, 4.69) is 17.4 Å². The van der Waals surface area contributed by atoms with Crippen LogP contribution < -0.4 is 5.32 Å². The molecule has 82 valence electrons. The molecule has 3 heteroatoms. The van der Waals surface area contributed by atoms with Crippen LogP contribution in [0.15, 0.2) is 23.1 Å². The molecule has 0 aliphatic carbocycles. The zero-order valence-electron chi connectivity index (χ0n) is 8.92. The van der Waals surface area contributed by atoms with Gasteiger partial charge in [0.25, 0.3) is 0 Å². The van der Waals surface area contributed by atoms with E-state index in [9.17, 15) is 0 Å². The largest absolute Gasteiger partial charge is 0.320 e. The fraction of sp³-hybridized carbons (Fsp3) is 0.500. The highest BCUT2D eigenvalue weighted by Crippen LogP contribution is 2.42. The molecule has 1 aromatic rings. The maximum atomic E-state index is 6.03.